The summed E-state index contributed by atoms with van der Waals surface area (Å²) in [6.45, 7) is 0. The van der Waals surface area contributed by atoms with Crippen LogP contribution < -0.4 is 4.90 Å². The van der Waals surface area contributed by atoms with Gasteiger partial charge in [0.05, 0.1) is 11.4 Å². The fourth-order valence-electron chi connectivity index (χ4n) is 8.30. The van der Waals surface area contributed by atoms with Crippen LogP contribution in [0.15, 0.2) is 209 Å². The average molecular weight is 704 g/mol. The van der Waals surface area contributed by atoms with Gasteiger partial charge in [-0.1, -0.05) is 158 Å². The summed E-state index contributed by atoms with van der Waals surface area (Å²) in [5.41, 5.74) is 13.3. The maximum absolute atomic E-state index is 6.61. The quantitative estimate of drug-likeness (QED) is 0.173. The van der Waals surface area contributed by atoms with E-state index in [-0.39, 0.29) is 0 Å². The highest BCUT2D eigenvalue weighted by Gasteiger charge is 2.23. The van der Waals surface area contributed by atoms with E-state index in [9.17, 15) is 0 Å². The van der Waals surface area contributed by atoms with E-state index in [1.54, 1.807) is 0 Å². The first-order chi connectivity index (χ1) is 27.3. The summed E-state index contributed by atoms with van der Waals surface area (Å²) >= 11 is 0. The van der Waals surface area contributed by atoms with Gasteiger partial charge in [-0.2, -0.15) is 0 Å². The predicted molar refractivity (Wildman–Crippen MR) is 229 cm³/mol. The maximum atomic E-state index is 6.61. The van der Waals surface area contributed by atoms with Gasteiger partial charge in [-0.25, -0.2) is 0 Å². The molecule has 55 heavy (non-hydrogen) atoms. The molecule has 0 fully saturated rings. The molecule has 2 aromatic heterocycles. The second-order valence-electron chi connectivity index (χ2n) is 14.0. The Morgan fingerprint density at radius 2 is 0.800 bits per heavy atom. The van der Waals surface area contributed by atoms with Crippen molar-refractivity contribution in [3.8, 4) is 33.4 Å². The molecule has 0 bridgehead atoms. The van der Waals surface area contributed by atoms with Gasteiger partial charge in [-0.3, -0.25) is 0 Å². The van der Waals surface area contributed by atoms with Crippen molar-refractivity contribution in [2.75, 3.05) is 4.90 Å². The zero-order valence-corrected chi connectivity index (χ0v) is 29.8. The van der Waals surface area contributed by atoms with Gasteiger partial charge in [0.1, 0.15) is 22.3 Å². The minimum atomic E-state index is 0.883. The molecule has 0 aliphatic rings. The van der Waals surface area contributed by atoms with Crippen LogP contribution in [0.1, 0.15) is 0 Å². The van der Waals surface area contributed by atoms with Gasteiger partial charge in [0.15, 0.2) is 0 Å². The van der Waals surface area contributed by atoms with Crippen LogP contribution in [-0.4, -0.2) is 0 Å². The van der Waals surface area contributed by atoms with Crippen LogP contribution in [0.25, 0.3) is 88.0 Å². The van der Waals surface area contributed by atoms with E-state index < -0.39 is 0 Å². The first-order valence-corrected chi connectivity index (χ1v) is 18.7. The standard InChI is InChI=1S/C52H33NO2/c1-2-14-36-33-37(28-27-34(36)13-1)39-15-3-7-23-47(39)53(38-31-29-35(30-32-38)40-19-11-21-45-42-17-5-9-25-49(42)54-51(40)45)48-24-8-4-16-41(48)44-20-12-22-46-43-18-6-10-26-50(43)55-52(44)46/h1-33H. The van der Waals surface area contributed by atoms with Gasteiger partial charge < -0.3 is 13.7 Å². The number of hydrogen-bond acceptors (Lipinski definition) is 3. The smallest absolute Gasteiger partial charge is 0.143 e. The maximum Gasteiger partial charge on any atom is 0.143 e. The highest BCUT2D eigenvalue weighted by atomic mass is 16.3. The molecule has 258 valence electrons. The number of nitrogens with zero attached hydrogens (tertiary/aromatic N) is 1. The molecule has 11 rings (SSSR count). The van der Waals surface area contributed by atoms with E-state index in [0.717, 1.165) is 94.3 Å². The number of para-hydroxylation sites is 6. The lowest BCUT2D eigenvalue weighted by molar-refractivity contribution is 0.669. The molecule has 0 amide bonds. The summed E-state index contributed by atoms with van der Waals surface area (Å²) in [4.78, 5) is 2.40. The van der Waals surface area contributed by atoms with Gasteiger partial charge in [0.2, 0.25) is 0 Å². The number of benzene rings is 9. The third kappa shape index (κ3) is 5.13. The van der Waals surface area contributed by atoms with E-state index >= 15 is 0 Å². The lowest BCUT2D eigenvalue weighted by atomic mass is 9.96. The lowest BCUT2D eigenvalue weighted by Crippen LogP contribution is -2.12. The molecule has 0 aliphatic carbocycles. The molecule has 0 N–H and O–H groups in total. The van der Waals surface area contributed by atoms with E-state index in [1.807, 2.05) is 24.3 Å². The molecule has 0 saturated heterocycles. The molecule has 3 heteroatoms. The Morgan fingerprint density at radius 1 is 0.309 bits per heavy atom. The Labute approximate surface area is 317 Å². The predicted octanol–water partition coefficient (Wildman–Crippen LogP) is 15.1. The molecular formula is C52H33NO2. The normalized spacial score (nSPS) is 11.6. The fraction of sp³-hybridized carbons (Fsp3) is 0. The first-order valence-electron chi connectivity index (χ1n) is 18.7. The highest BCUT2D eigenvalue weighted by molar-refractivity contribution is 6.12. The van der Waals surface area contributed by atoms with Crippen molar-refractivity contribution in [2.24, 2.45) is 0 Å². The van der Waals surface area contributed by atoms with Crippen molar-refractivity contribution >= 4 is 71.7 Å². The lowest BCUT2D eigenvalue weighted by Gasteiger charge is -2.30. The molecule has 0 spiro atoms. The largest absolute Gasteiger partial charge is 0.455 e. The minimum absolute atomic E-state index is 0.883. The highest BCUT2D eigenvalue weighted by Crippen LogP contribution is 2.47. The van der Waals surface area contributed by atoms with Gasteiger partial charge >= 0.3 is 0 Å². The number of furan rings is 2. The zero-order chi connectivity index (χ0) is 36.3. The van der Waals surface area contributed by atoms with E-state index in [1.165, 1.54) is 10.8 Å². The molecule has 0 radical (unpaired) electrons. The van der Waals surface area contributed by atoms with Crippen LogP contribution in [0.5, 0.6) is 0 Å². The van der Waals surface area contributed by atoms with E-state index in [0.29, 0.717) is 0 Å². The fourth-order valence-corrected chi connectivity index (χ4v) is 8.30. The van der Waals surface area contributed by atoms with Crippen LogP contribution in [0, 0.1) is 0 Å². The second-order valence-corrected chi connectivity index (χ2v) is 14.0. The van der Waals surface area contributed by atoms with Gasteiger partial charge in [-0.15, -0.1) is 0 Å². The molecule has 0 unspecified atom stereocenters. The van der Waals surface area contributed by atoms with E-state index in [4.69, 9.17) is 8.83 Å². The van der Waals surface area contributed by atoms with Crippen molar-refractivity contribution in [3.63, 3.8) is 0 Å². The summed E-state index contributed by atoms with van der Waals surface area (Å²) in [7, 11) is 0. The Kier molecular flexibility index (Phi) is 7.17. The molecule has 11 aromatic rings. The Balaban J connectivity index is 1.12. The minimum Gasteiger partial charge on any atom is -0.455 e. The number of fused-ring (bicyclic) bond motifs is 7. The monoisotopic (exact) mass is 703 g/mol. The van der Waals surface area contributed by atoms with Gasteiger partial charge in [0, 0.05) is 49.5 Å². The van der Waals surface area contributed by atoms with Crippen LogP contribution in [-0.2, 0) is 0 Å². The molecule has 3 nitrogen and oxygen atoms in total. The molecule has 0 atom stereocenters. The summed E-state index contributed by atoms with van der Waals surface area (Å²) in [6, 6.07) is 71.0. The van der Waals surface area contributed by atoms with Crippen LogP contribution in [0.2, 0.25) is 0 Å². The van der Waals surface area contributed by atoms with Crippen LogP contribution in [0.4, 0.5) is 17.1 Å². The van der Waals surface area contributed by atoms with Crippen molar-refractivity contribution < 1.29 is 8.83 Å². The van der Waals surface area contributed by atoms with Crippen molar-refractivity contribution in [3.05, 3.63) is 200 Å². The van der Waals surface area contributed by atoms with Crippen LogP contribution in [0.3, 0.4) is 0 Å². The summed E-state index contributed by atoms with van der Waals surface area (Å²) in [5.74, 6) is 0. The van der Waals surface area contributed by atoms with Crippen LogP contribution >= 0.6 is 0 Å². The van der Waals surface area contributed by atoms with Crippen molar-refractivity contribution in [1.29, 1.82) is 0 Å². The molecule has 9 aromatic carbocycles. The summed E-state index contributed by atoms with van der Waals surface area (Å²) in [5, 5.41) is 6.91. The molecule has 0 saturated carbocycles. The Hall–Kier alpha value is -7.36. The van der Waals surface area contributed by atoms with E-state index in [2.05, 4.69) is 181 Å². The topological polar surface area (TPSA) is 29.5 Å². The average Bonchev–Trinajstić information content (AvgIpc) is 3.83. The summed E-state index contributed by atoms with van der Waals surface area (Å²) < 4.78 is 13.1. The molecular weight excluding hydrogens is 671 g/mol. The SMILES string of the molecule is c1ccc(N(c2ccc(-c3cccc4c3oc3ccccc34)cc2)c2ccccc2-c2cccc3c2oc2ccccc23)c(-c2ccc3ccccc3c2)c1. The Morgan fingerprint density at radius 3 is 1.51 bits per heavy atom. The zero-order valence-electron chi connectivity index (χ0n) is 29.8. The Bertz CT molecular complexity index is 3220. The van der Waals surface area contributed by atoms with Crippen molar-refractivity contribution in [1.82, 2.24) is 0 Å². The number of hydrogen-bond donors (Lipinski definition) is 0. The molecule has 0 aliphatic heterocycles. The third-order valence-corrected chi connectivity index (χ3v) is 10.9. The summed E-state index contributed by atoms with van der Waals surface area (Å²) in [6.07, 6.45) is 0. The van der Waals surface area contributed by atoms with Crippen molar-refractivity contribution in [2.45, 2.75) is 0 Å². The van der Waals surface area contributed by atoms with Gasteiger partial charge in [0.25, 0.3) is 0 Å². The number of rotatable bonds is 6. The molecule has 2 heterocycles. The second kappa shape index (κ2) is 12.6. The first kappa shape index (κ1) is 31.2. The third-order valence-electron chi connectivity index (χ3n) is 10.9. The number of anilines is 3. The van der Waals surface area contributed by atoms with Gasteiger partial charge in [-0.05, 0) is 64.4 Å².